The van der Waals surface area contributed by atoms with E-state index in [0.717, 1.165) is 40.4 Å². The van der Waals surface area contributed by atoms with Gasteiger partial charge in [-0.2, -0.15) is 13.2 Å². The average Bonchev–Trinajstić information content (AvgIpc) is 2.85. The van der Waals surface area contributed by atoms with Gasteiger partial charge in [-0.15, -0.1) is 11.8 Å². The van der Waals surface area contributed by atoms with E-state index in [-0.39, 0.29) is 0 Å². The maximum Gasteiger partial charge on any atom is 0.416 e. The Bertz CT molecular complexity index is 668. The van der Waals surface area contributed by atoms with Crippen molar-refractivity contribution in [3.05, 3.63) is 35.7 Å². The van der Waals surface area contributed by atoms with Gasteiger partial charge in [0.25, 0.3) is 0 Å². The zero-order chi connectivity index (χ0) is 17.0. The molecule has 1 aromatic heterocycles. The van der Waals surface area contributed by atoms with E-state index < -0.39 is 11.7 Å². The zero-order valence-corrected chi connectivity index (χ0v) is 15.9. The SMILES string of the molecule is CCSc1cc(C(F)(F)F)ccc1-c1ncc(CCCI)n1C. The van der Waals surface area contributed by atoms with Gasteiger partial charge in [0.2, 0.25) is 0 Å². The van der Waals surface area contributed by atoms with Gasteiger partial charge in [0.15, 0.2) is 0 Å². The summed E-state index contributed by atoms with van der Waals surface area (Å²) in [5, 5.41) is 0. The van der Waals surface area contributed by atoms with Crippen LogP contribution >= 0.6 is 34.4 Å². The molecule has 126 valence electrons. The molecule has 2 aromatic rings. The summed E-state index contributed by atoms with van der Waals surface area (Å²) in [6.45, 7) is 1.93. The van der Waals surface area contributed by atoms with Crippen molar-refractivity contribution in [1.82, 2.24) is 9.55 Å². The summed E-state index contributed by atoms with van der Waals surface area (Å²) in [6.07, 6.45) is -0.527. The van der Waals surface area contributed by atoms with E-state index >= 15 is 0 Å². The molecule has 0 saturated heterocycles. The summed E-state index contributed by atoms with van der Waals surface area (Å²) in [7, 11) is 1.92. The Morgan fingerprint density at radius 1 is 1.30 bits per heavy atom. The standard InChI is InChI=1S/C16H18F3IN2S/c1-3-23-14-9-11(16(17,18)19)6-7-13(14)15-21-10-12(22(15)2)5-4-8-20/h6-7,9-10H,3-5,8H2,1-2H3. The van der Waals surface area contributed by atoms with Crippen LogP contribution in [0.15, 0.2) is 29.3 Å². The lowest BCUT2D eigenvalue weighted by Crippen LogP contribution is -2.06. The van der Waals surface area contributed by atoms with E-state index in [0.29, 0.717) is 10.6 Å². The van der Waals surface area contributed by atoms with Gasteiger partial charge in [-0.05, 0) is 41.2 Å². The van der Waals surface area contributed by atoms with Crippen molar-refractivity contribution in [2.45, 2.75) is 30.8 Å². The minimum Gasteiger partial charge on any atom is -0.331 e. The van der Waals surface area contributed by atoms with Gasteiger partial charge in [0, 0.05) is 29.4 Å². The second-order valence-corrected chi connectivity index (χ2v) is 7.45. The predicted molar refractivity (Wildman–Crippen MR) is 97.3 cm³/mol. The van der Waals surface area contributed by atoms with Crippen molar-refractivity contribution < 1.29 is 13.2 Å². The molecular weight excluding hydrogens is 436 g/mol. The molecule has 2 nitrogen and oxygen atoms in total. The van der Waals surface area contributed by atoms with E-state index in [4.69, 9.17) is 0 Å². The largest absolute Gasteiger partial charge is 0.416 e. The number of thioether (sulfide) groups is 1. The van der Waals surface area contributed by atoms with Crippen molar-refractivity contribution in [3.63, 3.8) is 0 Å². The lowest BCUT2D eigenvalue weighted by Gasteiger charge is -2.13. The Balaban J connectivity index is 2.44. The molecule has 0 atom stereocenters. The molecule has 0 unspecified atom stereocenters. The molecule has 0 bridgehead atoms. The van der Waals surface area contributed by atoms with Crippen LogP contribution in [0.3, 0.4) is 0 Å². The fourth-order valence-corrected chi connectivity index (χ4v) is 3.55. The molecule has 0 aliphatic rings. The van der Waals surface area contributed by atoms with Crippen LogP contribution < -0.4 is 0 Å². The number of hydrogen-bond donors (Lipinski definition) is 0. The molecule has 0 aliphatic heterocycles. The number of halogens is 4. The van der Waals surface area contributed by atoms with Crippen molar-refractivity contribution >= 4 is 34.4 Å². The van der Waals surface area contributed by atoms with Crippen molar-refractivity contribution in [2.24, 2.45) is 7.05 Å². The summed E-state index contributed by atoms with van der Waals surface area (Å²) in [5.74, 6) is 1.43. The van der Waals surface area contributed by atoms with E-state index in [1.165, 1.54) is 23.9 Å². The van der Waals surface area contributed by atoms with Gasteiger partial charge < -0.3 is 4.57 Å². The highest BCUT2D eigenvalue weighted by Gasteiger charge is 2.31. The number of aromatic nitrogens is 2. The normalized spacial score (nSPS) is 11.9. The third-order valence-corrected chi connectivity index (χ3v) is 5.20. The molecular formula is C16H18F3IN2S. The molecule has 0 spiro atoms. The summed E-state index contributed by atoms with van der Waals surface area (Å²) in [6, 6.07) is 3.89. The van der Waals surface area contributed by atoms with Crippen LogP contribution in [0.1, 0.15) is 24.6 Å². The van der Waals surface area contributed by atoms with Gasteiger partial charge in [0.05, 0.1) is 5.56 Å². The summed E-state index contributed by atoms with van der Waals surface area (Å²) < 4.78 is 41.8. The van der Waals surface area contributed by atoms with Crippen molar-refractivity contribution in [3.8, 4) is 11.4 Å². The Labute approximate surface area is 152 Å². The Hall–Kier alpha value is -0.700. The number of alkyl halides is 4. The molecule has 0 radical (unpaired) electrons. The van der Waals surface area contributed by atoms with Gasteiger partial charge in [0.1, 0.15) is 5.82 Å². The maximum atomic E-state index is 12.9. The number of nitrogens with zero attached hydrogens (tertiary/aromatic N) is 2. The first-order chi connectivity index (χ1) is 10.9. The molecule has 1 aromatic carbocycles. The fourth-order valence-electron chi connectivity index (χ4n) is 2.33. The van der Waals surface area contributed by atoms with Gasteiger partial charge in [-0.25, -0.2) is 4.98 Å². The van der Waals surface area contributed by atoms with E-state index in [2.05, 4.69) is 27.6 Å². The van der Waals surface area contributed by atoms with Crippen LogP contribution in [0.25, 0.3) is 11.4 Å². The molecule has 0 fully saturated rings. The van der Waals surface area contributed by atoms with Crippen LogP contribution in [-0.2, 0) is 19.6 Å². The predicted octanol–water partition coefficient (Wildman–Crippen LogP) is 5.59. The highest BCUT2D eigenvalue weighted by Crippen LogP contribution is 2.37. The van der Waals surface area contributed by atoms with E-state index in [9.17, 15) is 13.2 Å². The molecule has 0 N–H and O–H groups in total. The van der Waals surface area contributed by atoms with Crippen LogP contribution in [0, 0.1) is 0 Å². The monoisotopic (exact) mass is 454 g/mol. The molecule has 23 heavy (non-hydrogen) atoms. The third-order valence-electron chi connectivity index (χ3n) is 3.50. The van der Waals surface area contributed by atoms with Crippen LogP contribution in [0.4, 0.5) is 13.2 Å². The molecule has 2 rings (SSSR count). The molecule has 0 amide bonds. The Morgan fingerprint density at radius 3 is 2.65 bits per heavy atom. The third kappa shape index (κ3) is 4.43. The lowest BCUT2D eigenvalue weighted by molar-refractivity contribution is -0.137. The number of benzene rings is 1. The summed E-state index contributed by atoms with van der Waals surface area (Å²) in [5.41, 5.74) is 1.24. The number of rotatable bonds is 6. The highest BCUT2D eigenvalue weighted by atomic mass is 127. The quantitative estimate of drug-likeness (QED) is 0.322. The van der Waals surface area contributed by atoms with Crippen LogP contribution in [-0.4, -0.2) is 19.7 Å². The van der Waals surface area contributed by atoms with Crippen LogP contribution in [0.2, 0.25) is 0 Å². The second-order valence-electron chi connectivity index (χ2n) is 5.07. The molecule has 1 heterocycles. The fraction of sp³-hybridized carbons (Fsp3) is 0.438. The summed E-state index contributed by atoms with van der Waals surface area (Å²) >= 11 is 3.74. The van der Waals surface area contributed by atoms with Gasteiger partial charge in [-0.1, -0.05) is 29.5 Å². The Kier molecular flexibility index (Phi) is 6.41. The van der Waals surface area contributed by atoms with Crippen LogP contribution in [0.5, 0.6) is 0 Å². The van der Waals surface area contributed by atoms with E-state index in [1.807, 2.05) is 24.7 Å². The minimum absolute atomic E-state index is 0.614. The first kappa shape index (κ1) is 18.6. The summed E-state index contributed by atoms with van der Waals surface area (Å²) in [4.78, 5) is 5.06. The molecule has 7 heteroatoms. The molecule has 0 saturated carbocycles. The van der Waals surface area contributed by atoms with Crippen molar-refractivity contribution in [1.29, 1.82) is 0 Å². The maximum absolute atomic E-state index is 12.9. The number of aryl methyl sites for hydroxylation is 1. The van der Waals surface area contributed by atoms with Gasteiger partial charge >= 0.3 is 6.18 Å². The van der Waals surface area contributed by atoms with Gasteiger partial charge in [-0.3, -0.25) is 0 Å². The minimum atomic E-state index is -4.32. The average molecular weight is 454 g/mol. The highest BCUT2D eigenvalue weighted by molar-refractivity contribution is 14.1. The number of hydrogen-bond acceptors (Lipinski definition) is 2. The first-order valence-electron chi connectivity index (χ1n) is 7.29. The Morgan fingerprint density at radius 2 is 2.04 bits per heavy atom. The lowest BCUT2D eigenvalue weighted by atomic mass is 10.1. The zero-order valence-electron chi connectivity index (χ0n) is 13.0. The smallest absolute Gasteiger partial charge is 0.331 e. The second kappa shape index (κ2) is 7.92. The molecule has 0 aliphatic carbocycles. The van der Waals surface area contributed by atoms with Crippen molar-refractivity contribution in [2.75, 3.05) is 10.2 Å². The first-order valence-corrected chi connectivity index (χ1v) is 9.80. The number of imidazole rings is 1. The van der Waals surface area contributed by atoms with E-state index in [1.54, 1.807) is 0 Å². The topological polar surface area (TPSA) is 17.8 Å².